The van der Waals surface area contributed by atoms with Crippen molar-refractivity contribution in [1.29, 1.82) is 0 Å². The molecule has 1 heterocycles. The molecule has 0 saturated carbocycles. The minimum Gasteiger partial charge on any atom is -0.496 e. The Kier molecular flexibility index (Phi) is 3.86. The van der Waals surface area contributed by atoms with Crippen LogP contribution in [0.5, 0.6) is 5.75 Å². The number of hydrogen-bond donors (Lipinski definition) is 1. The number of rotatable bonds is 4. The van der Waals surface area contributed by atoms with Crippen molar-refractivity contribution in [3.63, 3.8) is 0 Å². The van der Waals surface area contributed by atoms with Gasteiger partial charge in [-0.25, -0.2) is 0 Å². The van der Waals surface area contributed by atoms with Gasteiger partial charge in [0.15, 0.2) is 0 Å². The van der Waals surface area contributed by atoms with E-state index in [4.69, 9.17) is 9.15 Å². The Labute approximate surface area is 109 Å². The first kappa shape index (κ1) is 12.2. The molecule has 0 bridgehead atoms. The van der Waals surface area contributed by atoms with Crippen LogP contribution in [0.3, 0.4) is 0 Å². The monoisotopic (exact) mass is 295 g/mol. The summed E-state index contributed by atoms with van der Waals surface area (Å²) in [6.45, 7) is 0.759. The lowest BCUT2D eigenvalue weighted by Crippen LogP contribution is -2.06. The van der Waals surface area contributed by atoms with Gasteiger partial charge >= 0.3 is 0 Å². The zero-order chi connectivity index (χ0) is 12.3. The predicted molar refractivity (Wildman–Crippen MR) is 71.2 cm³/mol. The average Bonchev–Trinajstić information content (AvgIpc) is 2.76. The third kappa shape index (κ3) is 2.53. The van der Waals surface area contributed by atoms with Gasteiger partial charge in [-0.2, -0.15) is 0 Å². The molecule has 3 nitrogen and oxygen atoms in total. The topological polar surface area (TPSA) is 34.4 Å². The number of furan rings is 1. The average molecular weight is 296 g/mol. The molecule has 1 N–H and O–H groups in total. The highest BCUT2D eigenvalue weighted by molar-refractivity contribution is 9.10. The van der Waals surface area contributed by atoms with Gasteiger partial charge in [0, 0.05) is 17.7 Å². The Hall–Kier alpha value is -1.26. The van der Waals surface area contributed by atoms with Crippen LogP contribution >= 0.6 is 15.9 Å². The Morgan fingerprint density at radius 3 is 2.76 bits per heavy atom. The van der Waals surface area contributed by atoms with Crippen LogP contribution in [0.15, 0.2) is 39.4 Å². The van der Waals surface area contributed by atoms with Crippen molar-refractivity contribution in [3.05, 3.63) is 40.6 Å². The minimum absolute atomic E-state index is 0.759. The van der Waals surface area contributed by atoms with Gasteiger partial charge in [-0.15, -0.1) is 0 Å². The van der Waals surface area contributed by atoms with Gasteiger partial charge in [-0.05, 0) is 47.2 Å². The van der Waals surface area contributed by atoms with Crippen molar-refractivity contribution in [2.24, 2.45) is 0 Å². The molecule has 90 valence electrons. The Morgan fingerprint density at radius 1 is 1.35 bits per heavy atom. The molecular formula is C13H14BrNO2. The quantitative estimate of drug-likeness (QED) is 0.938. The van der Waals surface area contributed by atoms with Crippen LogP contribution in [0.1, 0.15) is 5.56 Å². The van der Waals surface area contributed by atoms with Crippen LogP contribution in [0, 0.1) is 0 Å². The third-order valence-corrected chi connectivity index (χ3v) is 3.15. The highest BCUT2D eigenvalue weighted by atomic mass is 79.9. The van der Waals surface area contributed by atoms with E-state index in [1.165, 1.54) is 0 Å². The smallest absolute Gasteiger partial charge is 0.148 e. The molecule has 17 heavy (non-hydrogen) atoms. The number of ether oxygens (including phenoxy) is 1. The summed E-state index contributed by atoms with van der Waals surface area (Å²) in [5.41, 5.74) is 2.14. The van der Waals surface area contributed by atoms with E-state index in [0.717, 1.165) is 33.7 Å². The standard InChI is InChI=1S/C13H14BrNO2/c1-15-8-10-7-9(3-4-12(10)16-2)13-11(14)5-6-17-13/h3-7,15H,8H2,1-2H3. The van der Waals surface area contributed by atoms with Gasteiger partial charge in [0.05, 0.1) is 17.8 Å². The molecule has 0 aliphatic heterocycles. The van der Waals surface area contributed by atoms with Gasteiger partial charge in [-0.3, -0.25) is 0 Å². The maximum atomic E-state index is 5.45. The van der Waals surface area contributed by atoms with Gasteiger partial charge in [0.25, 0.3) is 0 Å². The Balaban J connectivity index is 2.43. The lowest BCUT2D eigenvalue weighted by atomic mass is 10.1. The highest BCUT2D eigenvalue weighted by Gasteiger charge is 2.10. The predicted octanol–water partition coefficient (Wildman–Crippen LogP) is 3.44. The molecule has 1 aromatic carbocycles. The molecule has 0 atom stereocenters. The van der Waals surface area contributed by atoms with Crippen LogP contribution < -0.4 is 10.1 Å². The molecule has 0 amide bonds. The van der Waals surface area contributed by atoms with Crippen molar-refractivity contribution in [2.75, 3.05) is 14.2 Å². The van der Waals surface area contributed by atoms with E-state index >= 15 is 0 Å². The summed E-state index contributed by atoms with van der Waals surface area (Å²) in [6, 6.07) is 7.90. The van der Waals surface area contributed by atoms with E-state index in [9.17, 15) is 0 Å². The molecule has 0 fully saturated rings. The van der Waals surface area contributed by atoms with Crippen molar-refractivity contribution in [2.45, 2.75) is 6.54 Å². The number of methoxy groups -OCH3 is 1. The van der Waals surface area contributed by atoms with Crippen LogP contribution in [0.4, 0.5) is 0 Å². The number of hydrogen-bond acceptors (Lipinski definition) is 3. The molecule has 2 aromatic rings. The molecule has 0 spiro atoms. The second kappa shape index (κ2) is 5.38. The van der Waals surface area contributed by atoms with Crippen molar-refractivity contribution in [1.82, 2.24) is 5.32 Å². The summed E-state index contributed by atoms with van der Waals surface area (Å²) in [7, 11) is 3.59. The van der Waals surface area contributed by atoms with E-state index < -0.39 is 0 Å². The van der Waals surface area contributed by atoms with Gasteiger partial charge in [0.2, 0.25) is 0 Å². The third-order valence-electron chi connectivity index (χ3n) is 2.53. The van der Waals surface area contributed by atoms with E-state index in [0.29, 0.717) is 0 Å². The van der Waals surface area contributed by atoms with Crippen LogP contribution in [-0.4, -0.2) is 14.2 Å². The molecule has 1 aromatic heterocycles. The van der Waals surface area contributed by atoms with Gasteiger partial charge < -0.3 is 14.5 Å². The highest BCUT2D eigenvalue weighted by Crippen LogP contribution is 2.32. The van der Waals surface area contributed by atoms with Crippen LogP contribution in [0.25, 0.3) is 11.3 Å². The molecule has 4 heteroatoms. The first-order valence-electron chi connectivity index (χ1n) is 5.31. The fraction of sp³-hybridized carbons (Fsp3) is 0.231. The lowest BCUT2D eigenvalue weighted by Gasteiger charge is -2.09. The summed E-state index contributed by atoms with van der Waals surface area (Å²) in [5, 5.41) is 3.12. The normalized spacial score (nSPS) is 10.5. The van der Waals surface area contributed by atoms with Crippen molar-refractivity contribution < 1.29 is 9.15 Å². The van der Waals surface area contributed by atoms with E-state index in [-0.39, 0.29) is 0 Å². The zero-order valence-corrected chi connectivity index (χ0v) is 11.4. The van der Waals surface area contributed by atoms with Crippen molar-refractivity contribution in [3.8, 4) is 17.1 Å². The summed E-state index contributed by atoms with van der Waals surface area (Å²) >= 11 is 3.46. The SMILES string of the molecule is CNCc1cc(-c2occc2Br)ccc1OC. The first-order chi connectivity index (χ1) is 8.26. The number of benzene rings is 1. The molecule has 0 aliphatic carbocycles. The largest absolute Gasteiger partial charge is 0.496 e. The maximum absolute atomic E-state index is 5.45. The minimum atomic E-state index is 0.759. The van der Waals surface area contributed by atoms with E-state index in [1.807, 2.05) is 25.2 Å². The van der Waals surface area contributed by atoms with Crippen LogP contribution in [-0.2, 0) is 6.54 Å². The Morgan fingerprint density at radius 2 is 2.18 bits per heavy atom. The first-order valence-corrected chi connectivity index (χ1v) is 6.10. The summed E-state index contributed by atoms with van der Waals surface area (Å²) in [4.78, 5) is 0. The zero-order valence-electron chi connectivity index (χ0n) is 9.79. The second-order valence-corrected chi connectivity index (χ2v) is 4.51. The van der Waals surface area contributed by atoms with E-state index in [2.05, 4.69) is 27.3 Å². The fourth-order valence-corrected chi connectivity index (χ4v) is 2.18. The van der Waals surface area contributed by atoms with Gasteiger partial charge in [-0.1, -0.05) is 0 Å². The second-order valence-electron chi connectivity index (χ2n) is 3.65. The van der Waals surface area contributed by atoms with E-state index in [1.54, 1.807) is 13.4 Å². The fourth-order valence-electron chi connectivity index (χ4n) is 1.75. The molecule has 0 radical (unpaired) electrons. The molecule has 2 rings (SSSR count). The maximum Gasteiger partial charge on any atom is 0.148 e. The summed E-state index contributed by atoms with van der Waals surface area (Å²) in [5.74, 6) is 1.72. The van der Waals surface area contributed by atoms with Crippen LogP contribution in [0.2, 0.25) is 0 Å². The Bertz CT molecular complexity index is 508. The molecular weight excluding hydrogens is 282 g/mol. The van der Waals surface area contributed by atoms with Crippen molar-refractivity contribution >= 4 is 15.9 Å². The molecule has 0 aliphatic rings. The number of nitrogens with one attached hydrogen (secondary N) is 1. The lowest BCUT2D eigenvalue weighted by molar-refractivity contribution is 0.408. The molecule has 0 unspecified atom stereocenters. The summed E-state index contributed by atoms with van der Waals surface area (Å²) < 4.78 is 11.7. The number of halogens is 1. The summed E-state index contributed by atoms with van der Waals surface area (Å²) in [6.07, 6.45) is 1.67. The molecule has 0 saturated heterocycles. The van der Waals surface area contributed by atoms with Gasteiger partial charge in [0.1, 0.15) is 11.5 Å².